The molecule has 1 aliphatic rings. The number of rotatable bonds is 2. The Morgan fingerprint density at radius 3 is 2.40 bits per heavy atom. The Bertz CT molecular complexity index is 435. The van der Waals surface area contributed by atoms with Gasteiger partial charge in [0.05, 0.1) is 10.6 Å². The van der Waals surface area contributed by atoms with Crippen molar-refractivity contribution >= 4 is 15.8 Å². The van der Waals surface area contributed by atoms with Gasteiger partial charge in [-0.15, -0.1) is 0 Å². The van der Waals surface area contributed by atoms with Gasteiger partial charge in [-0.25, -0.2) is 5.43 Å². The third kappa shape index (κ3) is 2.28. The summed E-state index contributed by atoms with van der Waals surface area (Å²) < 4.78 is 30.4. The first-order chi connectivity index (χ1) is 7.07. The SMILES string of the molecule is O=S(=O)(O)c1ccc(N2CCCN2)cc1. The number of hydrogen-bond acceptors (Lipinski definition) is 4. The van der Waals surface area contributed by atoms with Crippen molar-refractivity contribution in [2.45, 2.75) is 11.3 Å². The summed E-state index contributed by atoms with van der Waals surface area (Å²) in [6.45, 7) is 1.84. The van der Waals surface area contributed by atoms with Gasteiger partial charge in [0.15, 0.2) is 0 Å². The van der Waals surface area contributed by atoms with Crippen LogP contribution in [0.15, 0.2) is 29.2 Å². The van der Waals surface area contributed by atoms with Crippen LogP contribution in [0.5, 0.6) is 0 Å². The van der Waals surface area contributed by atoms with E-state index in [9.17, 15) is 8.42 Å². The van der Waals surface area contributed by atoms with Gasteiger partial charge in [0, 0.05) is 13.1 Å². The highest BCUT2D eigenvalue weighted by Gasteiger charge is 2.13. The Kier molecular flexibility index (Phi) is 2.64. The van der Waals surface area contributed by atoms with Crippen LogP contribution in [0.4, 0.5) is 5.69 Å². The first-order valence-corrected chi connectivity index (χ1v) is 6.10. The number of anilines is 1. The Morgan fingerprint density at radius 2 is 1.93 bits per heavy atom. The lowest BCUT2D eigenvalue weighted by atomic mass is 10.3. The summed E-state index contributed by atoms with van der Waals surface area (Å²) >= 11 is 0. The van der Waals surface area contributed by atoms with Crippen molar-refractivity contribution in [3.8, 4) is 0 Å². The predicted molar refractivity (Wildman–Crippen MR) is 56.2 cm³/mol. The van der Waals surface area contributed by atoms with Crippen molar-refractivity contribution in [3.63, 3.8) is 0 Å². The highest BCUT2D eigenvalue weighted by molar-refractivity contribution is 7.85. The second-order valence-electron chi connectivity index (χ2n) is 3.38. The fraction of sp³-hybridized carbons (Fsp3) is 0.333. The van der Waals surface area contributed by atoms with E-state index < -0.39 is 10.1 Å². The Hall–Kier alpha value is -1.11. The van der Waals surface area contributed by atoms with Crippen LogP contribution in [0.25, 0.3) is 0 Å². The summed E-state index contributed by atoms with van der Waals surface area (Å²) in [7, 11) is -4.08. The first kappa shape index (κ1) is 10.4. The minimum atomic E-state index is -4.08. The van der Waals surface area contributed by atoms with E-state index in [0.29, 0.717) is 0 Å². The number of hydrogen-bond donors (Lipinski definition) is 2. The Balaban J connectivity index is 2.24. The van der Waals surface area contributed by atoms with Crippen LogP contribution < -0.4 is 10.4 Å². The van der Waals surface area contributed by atoms with E-state index in [1.54, 1.807) is 12.1 Å². The molecule has 0 bridgehead atoms. The van der Waals surface area contributed by atoms with Crippen LogP contribution >= 0.6 is 0 Å². The highest BCUT2D eigenvalue weighted by atomic mass is 32.2. The molecule has 0 unspecified atom stereocenters. The normalized spacial score (nSPS) is 17.0. The van der Waals surface area contributed by atoms with Crippen LogP contribution in [-0.2, 0) is 10.1 Å². The average Bonchev–Trinajstić information content (AvgIpc) is 2.69. The van der Waals surface area contributed by atoms with Gasteiger partial charge in [-0.1, -0.05) is 0 Å². The third-order valence-corrected chi connectivity index (χ3v) is 3.18. The lowest BCUT2D eigenvalue weighted by Gasteiger charge is -2.17. The summed E-state index contributed by atoms with van der Waals surface area (Å²) in [4.78, 5) is -0.0783. The standard InChI is InChI=1S/C9H12N2O3S/c12-15(13,14)9-4-2-8(3-5-9)11-7-1-6-10-11/h2-5,10H,1,6-7H2,(H,12,13,14). The molecule has 1 fully saturated rings. The highest BCUT2D eigenvalue weighted by Crippen LogP contribution is 2.18. The van der Waals surface area contributed by atoms with Gasteiger partial charge >= 0.3 is 0 Å². The second kappa shape index (κ2) is 3.80. The largest absolute Gasteiger partial charge is 0.308 e. The fourth-order valence-corrected chi connectivity index (χ4v) is 2.03. The van der Waals surface area contributed by atoms with Crippen molar-refractivity contribution in [2.24, 2.45) is 0 Å². The zero-order valence-electron chi connectivity index (χ0n) is 8.05. The minimum absolute atomic E-state index is 0.0783. The number of hydrazine groups is 1. The van der Waals surface area contributed by atoms with Gasteiger partial charge in [-0.3, -0.25) is 4.55 Å². The van der Waals surface area contributed by atoms with Crippen LogP contribution in [0, 0.1) is 0 Å². The lowest BCUT2D eigenvalue weighted by molar-refractivity contribution is 0.483. The zero-order valence-corrected chi connectivity index (χ0v) is 8.87. The molecule has 0 spiro atoms. The molecule has 1 aromatic rings. The molecule has 5 nitrogen and oxygen atoms in total. The molecule has 0 aliphatic carbocycles. The van der Waals surface area contributed by atoms with Gasteiger partial charge in [0.1, 0.15) is 0 Å². The summed E-state index contributed by atoms with van der Waals surface area (Å²) in [6, 6.07) is 6.12. The van der Waals surface area contributed by atoms with Gasteiger partial charge in [-0.05, 0) is 30.7 Å². The first-order valence-electron chi connectivity index (χ1n) is 4.66. The molecule has 0 atom stereocenters. The number of nitrogens with one attached hydrogen (secondary N) is 1. The molecule has 1 saturated heterocycles. The van der Waals surface area contributed by atoms with Crippen LogP contribution in [0.2, 0.25) is 0 Å². The second-order valence-corrected chi connectivity index (χ2v) is 4.80. The van der Waals surface area contributed by atoms with E-state index >= 15 is 0 Å². The lowest BCUT2D eigenvalue weighted by Crippen LogP contribution is -2.30. The van der Waals surface area contributed by atoms with Crippen molar-refractivity contribution in [1.82, 2.24) is 5.43 Å². The van der Waals surface area contributed by atoms with Gasteiger partial charge in [0.25, 0.3) is 10.1 Å². The van der Waals surface area contributed by atoms with E-state index in [1.165, 1.54) is 12.1 Å². The van der Waals surface area contributed by atoms with E-state index in [2.05, 4.69) is 5.43 Å². The molecular weight excluding hydrogens is 216 g/mol. The Labute approximate surface area is 88.4 Å². The minimum Gasteiger partial charge on any atom is -0.308 e. The maximum absolute atomic E-state index is 10.8. The maximum Gasteiger partial charge on any atom is 0.294 e. The van der Waals surface area contributed by atoms with E-state index in [4.69, 9.17) is 4.55 Å². The molecule has 15 heavy (non-hydrogen) atoms. The molecular formula is C9H12N2O3S. The van der Waals surface area contributed by atoms with Crippen LogP contribution in [-0.4, -0.2) is 26.1 Å². The van der Waals surface area contributed by atoms with E-state index in [1.807, 2.05) is 5.01 Å². The van der Waals surface area contributed by atoms with Crippen molar-refractivity contribution in [3.05, 3.63) is 24.3 Å². The maximum atomic E-state index is 10.8. The summed E-state index contributed by atoms with van der Waals surface area (Å²) in [5.41, 5.74) is 4.06. The van der Waals surface area contributed by atoms with Crippen molar-refractivity contribution in [1.29, 1.82) is 0 Å². The smallest absolute Gasteiger partial charge is 0.294 e. The van der Waals surface area contributed by atoms with Crippen molar-refractivity contribution in [2.75, 3.05) is 18.1 Å². The molecule has 0 amide bonds. The topological polar surface area (TPSA) is 69.6 Å². The van der Waals surface area contributed by atoms with Crippen LogP contribution in [0.3, 0.4) is 0 Å². The molecule has 6 heteroatoms. The molecule has 1 aliphatic heterocycles. The predicted octanol–water partition coefficient (Wildman–Crippen LogP) is 0.648. The molecule has 0 radical (unpaired) electrons. The molecule has 1 aromatic carbocycles. The monoisotopic (exact) mass is 228 g/mol. The molecule has 2 rings (SSSR count). The number of benzene rings is 1. The summed E-state index contributed by atoms with van der Waals surface area (Å²) in [5.74, 6) is 0. The van der Waals surface area contributed by atoms with Gasteiger partial charge in [0.2, 0.25) is 0 Å². The molecule has 0 saturated carbocycles. The van der Waals surface area contributed by atoms with Gasteiger partial charge < -0.3 is 5.01 Å². The molecule has 0 aromatic heterocycles. The van der Waals surface area contributed by atoms with Crippen LogP contribution in [0.1, 0.15) is 6.42 Å². The average molecular weight is 228 g/mol. The Morgan fingerprint density at radius 1 is 1.27 bits per heavy atom. The number of nitrogens with zero attached hydrogens (tertiary/aromatic N) is 1. The van der Waals surface area contributed by atoms with Gasteiger partial charge in [-0.2, -0.15) is 8.42 Å². The van der Waals surface area contributed by atoms with E-state index in [0.717, 1.165) is 25.2 Å². The molecule has 1 heterocycles. The summed E-state index contributed by atoms with van der Waals surface area (Å²) in [6.07, 6.45) is 1.07. The molecule has 82 valence electrons. The zero-order chi connectivity index (χ0) is 10.9. The summed E-state index contributed by atoms with van der Waals surface area (Å²) in [5, 5.41) is 1.95. The quantitative estimate of drug-likeness (QED) is 0.727. The van der Waals surface area contributed by atoms with Crippen molar-refractivity contribution < 1.29 is 13.0 Å². The third-order valence-electron chi connectivity index (χ3n) is 2.31. The van der Waals surface area contributed by atoms with E-state index in [-0.39, 0.29) is 4.90 Å². The fourth-order valence-electron chi connectivity index (χ4n) is 1.55. The molecule has 2 N–H and O–H groups in total.